The van der Waals surface area contributed by atoms with E-state index >= 15 is 0 Å². The van der Waals surface area contributed by atoms with Crippen LogP contribution in [0.3, 0.4) is 0 Å². The quantitative estimate of drug-likeness (QED) is 0.559. The normalized spacial score (nSPS) is 17.7. The molecule has 0 heterocycles. The molecule has 2 aromatic carbocycles. The zero-order chi connectivity index (χ0) is 25.6. The lowest BCUT2D eigenvalue weighted by atomic mass is 10.0. The second-order valence-electron chi connectivity index (χ2n) is 10.1. The highest BCUT2D eigenvalue weighted by atomic mass is 16.6. The van der Waals surface area contributed by atoms with Crippen LogP contribution >= 0.6 is 0 Å². The Kier molecular flexibility index (Phi) is 8.54. The minimum atomic E-state index is -0.799. The van der Waals surface area contributed by atoms with Gasteiger partial charge in [0.05, 0.1) is 0 Å². The Bertz CT molecular complexity index is 1010. The smallest absolute Gasteiger partial charge is 0.408 e. The Balaban J connectivity index is 1.84. The van der Waals surface area contributed by atoms with Gasteiger partial charge in [-0.15, -0.1) is 0 Å². The van der Waals surface area contributed by atoms with E-state index in [2.05, 4.69) is 24.5 Å². The summed E-state index contributed by atoms with van der Waals surface area (Å²) in [5.74, 6) is -0.285. The summed E-state index contributed by atoms with van der Waals surface area (Å²) in [5, 5.41) is 5.56. The molecular formula is C28H37N3O4. The fraction of sp³-hybridized carbons (Fsp3) is 0.464. The van der Waals surface area contributed by atoms with Crippen LogP contribution in [0.4, 0.5) is 4.79 Å². The van der Waals surface area contributed by atoms with E-state index < -0.39 is 17.7 Å². The SMILES string of the molecule is CCc1ccc(C(C(=O)NCc2ccccc2)N(C(=O)CNC(=O)OC(C)(C)C)C2CC2C)cc1. The average Bonchev–Trinajstić information content (AvgIpc) is 3.54. The van der Waals surface area contributed by atoms with Gasteiger partial charge in [-0.1, -0.05) is 68.4 Å². The number of rotatable bonds is 9. The van der Waals surface area contributed by atoms with E-state index in [0.29, 0.717) is 6.54 Å². The van der Waals surface area contributed by atoms with Gasteiger partial charge in [-0.05, 0) is 56.2 Å². The number of hydrogen-bond acceptors (Lipinski definition) is 4. The third-order valence-electron chi connectivity index (χ3n) is 6.03. The van der Waals surface area contributed by atoms with Crippen molar-refractivity contribution in [1.29, 1.82) is 0 Å². The number of hydrogen-bond donors (Lipinski definition) is 2. The first-order chi connectivity index (χ1) is 16.6. The minimum absolute atomic E-state index is 0.0683. The molecular weight excluding hydrogens is 442 g/mol. The van der Waals surface area contributed by atoms with Crippen LogP contribution in [0.15, 0.2) is 54.6 Å². The first-order valence-electron chi connectivity index (χ1n) is 12.3. The van der Waals surface area contributed by atoms with E-state index in [1.54, 1.807) is 25.7 Å². The van der Waals surface area contributed by atoms with Crippen LogP contribution in [0.5, 0.6) is 0 Å². The van der Waals surface area contributed by atoms with Gasteiger partial charge in [-0.2, -0.15) is 0 Å². The second kappa shape index (κ2) is 11.4. The van der Waals surface area contributed by atoms with Gasteiger partial charge in [-0.3, -0.25) is 9.59 Å². The highest BCUT2D eigenvalue weighted by Gasteiger charge is 2.46. The van der Waals surface area contributed by atoms with Crippen LogP contribution < -0.4 is 10.6 Å². The van der Waals surface area contributed by atoms with Crippen molar-refractivity contribution in [3.05, 3.63) is 71.3 Å². The Morgan fingerprint density at radius 2 is 1.63 bits per heavy atom. The van der Waals surface area contributed by atoms with Gasteiger partial charge in [0.15, 0.2) is 0 Å². The molecule has 7 nitrogen and oxygen atoms in total. The summed E-state index contributed by atoms with van der Waals surface area (Å²) in [5.41, 5.74) is 2.21. The highest BCUT2D eigenvalue weighted by molar-refractivity contribution is 5.91. The van der Waals surface area contributed by atoms with Gasteiger partial charge in [0.25, 0.3) is 0 Å². The molecule has 1 saturated carbocycles. The molecule has 0 aliphatic heterocycles. The lowest BCUT2D eigenvalue weighted by Crippen LogP contribution is -2.49. The first-order valence-corrected chi connectivity index (χ1v) is 12.3. The number of nitrogens with zero attached hydrogens (tertiary/aromatic N) is 1. The zero-order valence-corrected chi connectivity index (χ0v) is 21.3. The number of ether oxygens (including phenoxy) is 1. The number of alkyl carbamates (subject to hydrolysis) is 1. The number of carbonyl (C=O) groups is 3. The van der Waals surface area contributed by atoms with Crippen molar-refractivity contribution >= 4 is 17.9 Å². The van der Waals surface area contributed by atoms with Crippen molar-refractivity contribution in [2.75, 3.05) is 6.54 Å². The van der Waals surface area contributed by atoms with Crippen LogP contribution in [-0.4, -0.2) is 41.0 Å². The number of benzene rings is 2. The molecule has 3 atom stereocenters. The third kappa shape index (κ3) is 7.57. The van der Waals surface area contributed by atoms with E-state index in [1.165, 1.54) is 0 Å². The van der Waals surface area contributed by atoms with E-state index in [9.17, 15) is 14.4 Å². The van der Waals surface area contributed by atoms with Crippen molar-refractivity contribution in [3.8, 4) is 0 Å². The van der Waals surface area contributed by atoms with E-state index in [-0.39, 0.29) is 30.3 Å². The standard InChI is InChI=1S/C28H37N3O4/c1-6-20-12-14-22(15-13-20)25(26(33)29-17-21-10-8-7-9-11-21)31(23-16-19(23)2)24(32)18-30-27(34)35-28(3,4)5/h7-15,19,23,25H,6,16-18H2,1-5H3,(H,29,33)(H,30,34). The molecule has 2 aromatic rings. The summed E-state index contributed by atoms with van der Waals surface area (Å²) in [6.45, 7) is 9.54. The van der Waals surface area contributed by atoms with Crippen molar-refractivity contribution in [2.45, 2.75) is 71.7 Å². The summed E-state index contributed by atoms with van der Waals surface area (Å²) < 4.78 is 5.27. The Morgan fingerprint density at radius 1 is 1.00 bits per heavy atom. The minimum Gasteiger partial charge on any atom is -0.444 e. The molecule has 1 aliphatic rings. The maximum absolute atomic E-state index is 13.6. The lowest BCUT2D eigenvalue weighted by Gasteiger charge is -2.32. The first kappa shape index (κ1) is 26.3. The molecule has 0 aromatic heterocycles. The molecule has 0 spiro atoms. The predicted octanol–water partition coefficient (Wildman–Crippen LogP) is 4.37. The van der Waals surface area contributed by atoms with E-state index in [0.717, 1.165) is 29.5 Å². The summed E-state index contributed by atoms with van der Waals surface area (Å²) >= 11 is 0. The lowest BCUT2D eigenvalue weighted by molar-refractivity contribution is -0.141. The molecule has 0 bridgehead atoms. The number of nitrogens with one attached hydrogen (secondary N) is 2. The summed E-state index contributed by atoms with van der Waals surface area (Å²) in [7, 11) is 0. The van der Waals surface area contributed by atoms with E-state index in [1.807, 2.05) is 54.6 Å². The van der Waals surface area contributed by atoms with Crippen molar-refractivity contribution in [3.63, 3.8) is 0 Å². The Labute approximate surface area is 208 Å². The molecule has 0 saturated heterocycles. The van der Waals surface area contributed by atoms with Gasteiger partial charge in [0.2, 0.25) is 11.8 Å². The predicted molar refractivity (Wildman–Crippen MR) is 136 cm³/mol. The van der Waals surface area contributed by atoms with Crippen LogP contribution in [0.25, 0.3) is 0 Å². The van der Waals surface area contributed by atoms with Gasteiger partial charge < -0.3 is 20.3 Å². The van der Waals surface area contributed by atoms with Crippen LogP contribution in [-0.2, 0) is 27.3 Å². The summed E-state index contributed by atoms with van der Waals surface area (Å²) in [6.07, 6.45) is 1.04. The molecule has 2 N–H and O–H groups in total. The fourth-order valence-electron chi connectivity index (χ4n) is 4.02. The summed E-state index contributed by atoms with van der Waals surface area (Å²) in [4.78, 5) is 40.8. The zero-order valence-electron chi connectivity index (χ0n) is 21.3. The molecule has 35 heavy (non-hydrogen) atoms. The largest absolute Gasteiger partial charge is 0.444 e. The number of carbonyl (C=O) groups excluding carboxylic acids is 3. The summed E-state index contributed by atoms with van der Waals surface area (Å²) in [6, 6.07) is 16.6. The molecule has 3 rings (SSSR count). The number of amides is 3. The highest BCUT2D eigenvalue weighted by Crippen LogP contribution is 2.40. The van der Waals surface area contributed by atoms with Crippen LogP contribution in [0.2, 0.25) is 0 Å². The fourth-order valence-corrected chi connectivity index (χ4v) is 4.02. The van der Waals surface area contributed by atoms with Gasteiger partial charge in [0.1, 0.15) is 18.2 Å². The van der Waals surface area contributed by atoms with Crippen molar-refractivity contribution in [2.24, 2.45) is 5.92 Å². The van der Waals surface area contributed by atoms with Crippen molar-refractivity contribution < 1.29 is 19.1 Å². The molecule has 0 radical (unpaired) electrons. The molecule has 188 valence electrons. The maximum atomic E-state index is 13.6. The molecule has 1 fully saturated rings. The van der Waals surface area contributed by atoms with Gasteiger partial charge in [0, 0.05) is 12.6 Å². The van der Waals surface area contributed by atoms with Crippen LogP contribution in [0, 0.1) is 5.92 Å². The van der Waals surface area contributed by atoms with Crippen molar-refractivity contribution in [1.82, 2.24) is 15.5 Å². The Morgan fingerprint density at radius 3 is 2.17 bits per heavy atom. The molecule has 3 unspecified atom stereocenters. The number of aryl methyl sites for hydroxylation is 1. The molecule has 7 heteroatoms. The van der Waals surface area contributed by atoms with Crippen LogP contribution in [0.1, 0.15) is 63.8 Å². The van der Waals surface area contributed by atoms with Gasteiger partial charge in [-0.25, -0.2) is 4.79 Å². The maximum Gasteiger partial charge on any atom is 0.408 e. The Hall–Kier alpha value is -3.35. The molecule has 1 aliphatic carbocycles. The average molecular weight is 480 g/mol. The molecule has 3 amide bonds. The second-order valence-corrected chi connectivity index (χ2v) is 10.1. The van der Waals surface area contributed by atoms with Gasteiger partial charge >= 0.3 is 6.09 Å². The third-order valence-corrected chi connectivity index (χ3v) is 6.03. The monoisotopic (exact) mass is 479 g/mol. The topological polar surface area (TPSA) is 87.7 Å². The van der Waals surface area contributed by atoms with E-state index in [4.69, 9.17) is 4.74 Å².